The molecule has 0 aromatic heterocycles. The number of nitrogens with one attached hydrogen (secondary N) is 3. The average molecular weight is 337 g/mol. The molecule has 1 aromatic carbocycles. The van der Waals surface area contributed by atoms with Crippen molar-refractivity contribution in [3.05, 3.63) is 18.2 Å². The van der Waals surface area contributed by atoms with Gasteiger partial charge in [-0.1, -0.05) is 0 Å². The molecule has 10 nitrogen and oxygen atoms in total. The predicted molar refractivity (Wildman–Crippen MR) is 80.2 cm³/mol. The van der Waals surface area contributed by atoms with E-state index in [9.17, 15) is 14.4 Å². The summed E-state index contributed by atoms with van der Waals surface area (Å²) >= 11 is 0. The van der Waals surface area contributed by atoms with E-state index in [0.29, 0.717) is 17.1 Å². The first-order chi connectivity index (χ1) is 11.5. The molecule has 2 amide bonds. The van der Waals surface area contributed by atoms with Crippen molar-refractivity contribution in [2.45, 2.75) is 12.2 Å². The number of amides is 2. The smallest absolute Gasteiger partial charge is 0.482 e. The topological polar surface area (TPSA) is 135 Å². The van der Waals surface area contributed by atoms with Gasteiger partial charge in [-0.2, -0.15) is 0 Å². The molecule has 0 saturated carbocycles. The number of hydrogen-bond donors (Lipinski definition) is 4. The van der Waals surface area contributed by atoms with Gasteiger partial charge in [0.25, 0.3) is 5.91 Å². The molecule has 1 fully saturated rings. The number of benzene rings is 1. The third-order valence-corrected chi connectivity index (χ3v) is 3.48. The SMILES string of the molecule is O=C(O)NC[C@H]1OC(=O)O[C@@H]1CNc1ccc2c(c1)NC(=O)CO2. The van der Waals surface area contributed by atoms with Crippen LogP contribution in [0, 0.1) is 0 Å². The highest BCUT2D eigenvalue weighted by Gasteiger charge is 2.36. The first-order valence-corrected chi connectivity index (χ1v) is 7.16. The zero-order chi connectivity index (χ0) is 17.1. The summed E-state index contributed by atoms with van der Waals surface area (Å²) in [4.78, 5) is 33.1. The van der Waals surface area contributed by atoms with E-state index in [-0.39, 0.29) is 25.6 Å². The fraction of sp³-hybridized carbons (Fsp3) is 0.357. The summed E-state index contributed by atoms with van der Waals surface area (Å²) in [6.07, 6.45) is -3.42. The lowest BCUT2D eigenvalue weighted by Gasteiger charge is -2.20. The van der Waals surface area contributed by atoms with Gasteiger partial charge in [0.1, 0.15) is 5.75 Å². The van der Waals surface area contributed by atoms with Crippen molar-refractivity contribution in [3.8, 4) is 5.75 Å². The maximum absolute atomic E-state index is 11.3. The summed E-state index contributed by atoms with van der Waals surface area (Å²) in [5.41, 5.74) is 1.22. The molecule has 2 aliphatic rings. The second-order valence-corrected chi connectivity index (χ2v) is 5.18. The van der Waals surface area contributed by atoms with Gasteiger partial charge in [0.2, 0.25) is 0 Å². The standard InChI is InChI=1S/C14H15N3O7/c18-12-6-22-9-2-1-7(3-8(9)17-12)15-4-10-11(5-16-13(19)20)24-14(21)23-10/h1-3,10-11,15-16H,4-6H2,(H,17,18)(H,19,20)/t10-,11-/m1/s1. The van der Waals surface area contributed by atoms with Crippen LogP contribution in [0.15, 0.2) is 18.2 Å². The van der Waals surface area contributed by atoms with E-state index in [1.807, 2.05) is 0 Å². The number of carbonyl (C=O) groups is 3. The number of fused-ring (bicyclic) bond motifs is 1. The van der Waals surface area contributed by atoms with Gasteiger partial charge in [-0.15, -0.1) is 0 Å². The normalized spacial score (nSPS) is 21.7. The van der Waals surface area contributed by atoms with Crippen LogP contribution in [0.5, 0.6) is 5.75 Å². The summed E-state index contributed by atoms with van der Waals surface area (Å²) in [6.45, 7) is 0.125. The monoisotopic (exact) mass is 337 g/mol. The van der Waals surface area contributed by atoms with Crippen molar-refractivity contribution < 1.29 is 33.7 Å². The molecule has 2 aliphatic heterocycles. The second-order valence-electron chi connectivity index (χ2n) is 5.18. The Hall–Kier alpha value is -3.17. The molecule has 1 aromatic rings. The van der Waals surface area contributed by atoms with Crippen LogP contribution in [0.2, 0.25) is 0 Å². The molecule has 0 radical (unpaired) electrons. The minimum atomic E-state index is -1.21. The van der Waals surface area contributed by atoms with Gasteiger partial charge in [0.05, 0.1) is 18.8 Å². The Kier molecular flexibility index (Phi) is 4.27. The quantitative estimate of drug-likeness (QED) is 0.574. The first-order valence-electron chi connectivity index (χ1n) is 7.16. The molecule has 2 atom stereocenters. The summed E-state index contributed by atoms with van der Waals surface area (Å²) in [5, 5.41) is 16.5. The predicted octanol–water partition coefficient (Wildman–Crippen LogP) is 0.601. The maximum Gasteiger partial charge on any atom is 0.509 e. The maximum atomic E-state index is 11.3. The second kappa shape index (κ2) is 6.52. The zero-order valence-corrected chi connectivity index (χ0v) is 12.4. The number of rotatable bonds is 5. The highest BCUT2D eigenvalue weighted by atomic mass is 16.8. The molecule has 1 saturated heterocycles. The summed E-state index contributed by atoms with van der Waals surface area (Å²) in [6, 6.07) is 5.14. The lowest BCUT2D eigenvalue weighted by atomic mass is 10.2. The fourth-order valence-corrected chi connectivity index (χ4v) is 2.37. The van der Waals surface area contributed by atoms with Crippen molar-refractivity contribution in [1.29, 1.82) is 0 Å². The third kappa shape index (κ3) is 3.59. The molecular formula is C14H15N3O7. The summed E-state index contributed by atoms with van der Waals surface area (Å²) < 4.78 is 15.2. The molecule has 0 spiro atoms. The van der Waals surface area contributed by atoms with Gasteiger partial charge in [-0.3, -0.25) is 4.79 Å². The van der Waals surface area contributed by atoms with Gasteiger partial charge in [0.15, 0.2) is 18.8 Å². The first kappa shape index (κ1) is 15.7. The summed E-state index contributed by atoms with van der Waals surface area (Å²) in [5.74, 6) is 0.330. The van der Waals surface area contributed by atoms with Gasteiger partial charge >= 0.3 is 12.2 Å². The number of cyclic esters (lactones) is 2. The third-order valence-electron chi connectivity index (χ3n) is 3.48. The molecule has 128 valence electrons. The van der Waals surface area contributed by atoms with E-state index in [1.54, 1.807) is 18.2 Å². The Labute approximate surface area is 136 Å². The van der Waals surface area contributed by atoms with Gasteiger partial charge in [-0.25, -0.2) is 9.59 Å². The highest BCUT2D eigenvalue weighted by molar-refractivity contribution is 5.96. The number of hydrogen-bond acceptors (Lipinski definition) is 7. The van der Waals surface area contributed by atoms with Crippen LogP contribution in [0.25, 0.3) is 0 Å². The van der Waals surface area contributed by atoms with E-state index in [4.69, 9.17) is 19.3 Å². The van der Waals surface area contributed by atoms with Crippen LogP contribution in [-0.2, 0) is 14.3 Å². The molecule has 3 rings (SSSR count). The Bertz CT molecular complexity index is 678. The molecular weight excluding hydrogens is 322 g/mol. The van der Waals surface area contributed by atoms with Crippen LogP contribution in [0.1, 0.15) is 0 Å². The Morgan fingerprint density at radius 2 is 2.00 bits per heavy atom. The highest BCUT2D eigenvalue weighted by Crippen LogP contribution is 2.30. The Morgan fingerprint density at radius 1 is 1.25 bits per heavy atom. The lowest BCUT2D eigenvalue weighted by molar-refractivity contribution is -0.118. The van der Waals surface area contributed by atoms with Crippen LogP contribution in [0.3, 0.4) is 0 Å². The van der Waals surface area contributed by atoms with Crippen LogP contribution in [-0.4, -0.2) is 55.2 Å². The van der Waals surface area contributed by atoms with Crippen molar-refractivity contribution >= 4 is 29.5 Å². The van der Waals surface area contributed by atoms with Crippen molar-refractivity contribution in [3.63, 3.8) is 0 Å². The molecule has 2 heterocycles. The number of anilines is 2. The van der Waals surface area contributed by atoms with Gasteiger partial charge in [-0.05, 0) is 18.2 Å². The molecule has 24 heavy (non-hydrogen) atoms. The van der Waals surface area contributed by atoms with Crippen molar-refractivity contribution in [2.24, 2.45) is 0 Å². The van der Waals surface area contributed by atoms with Crippen LogP contribution < -0.4 is 20.7 Å². The Morgan fingerprint density at radius 3 is 2.75 bits per heavy atom. The minimum Gasteiger partial charge on any atom is -0.482 e. The average Bonchev–Trinajstić information content (AvgIpc) is 2.90. The number of carboxylic acid groups (broad SMARTS) is 1. The fourth-order valence-electron chi connectivity index (χ4n) is 2.37. The molecule has 0 bridgehead atoms. The van der Waals surface area contributed by atoms with E-state index in [1.165, 1.54) is 0 Å². The van der Waals surface area contributed by atoms with E-state index >= 15 is 0 Å². The lowest BCUT2D eigenvalue weighted by Crippen LogP contribution is -2.39. The van der Waals surface area contributed by atoms with Crippen LogP contribution >= 0.6 is 0 Å². The number of ether oxygens (including phenoxy) is 3. The largest absolute Gasteiger partial charge is 0.509 e. The molecule has 4 N–H and O–H groups in total. The van der Waals surface area contributed by atoms with E-state index in [2.05, 4.69) is 16.0 Å². The van der Waals surface area contributed by atoms with Gasteiger partial charge in [0, 0.05) is 5.69 Å². The van der Waals surface area contributed by atoms with Crippen LogP contribution in [0.4, 0.5) is 21.0 Å². The molecule has 10 heteroatoms. The molecule has 0 aliphatic carbocycles. The minimum absolute atomic E-state index is 0.0204. The van der Waals surface area contributed by atoms with Gasteiger partial charge < -0.3 is 35.3 Å². The van der Waals surface area contributed by atoms with Crippen molar-refractivity contribution in [1.82, 2.24) is 5.32 Å². The van der Waals surface area contributed by atoms with Crippen molar-refractivity contribution in [2.75, 3.05) is 30.3 Å². The number of carbonyl (C=O) groups excluding carboxylic acids is 2. The molecule has 0 unspecified atom stereocenters. The summed E-state index contributed by atoms with van der Waals surface area (Å²) in [7, 11) is 0. The zero-order valence-electron chi connectivity index (χ0n) is 12.4. The Balaban J connectivity index is 1.60. The van der Waals surface area contributed by atoms with E-state index < -0.39 is 24.5 Å². The van der Waals surface area contributed by atoms with E-state index in [0.717, 1.165) is 0 Å².